The maximum absolute atomic E-state index is 12.8. The first-order chi connectivity index (χ1) is 15.4. The van der Waals surface area contributed by atoms with E-state index in [1.807, 2.05) is 12.2 Å². The third kappa shape index (κ3) is 12.1. The van der Waals surface area contributed by atoms with Crippen LogP contribution in [0.15, 0.2) is 12.2 Å². The van der Waals surface area contributed by atoms with Gasteiger partial charge in [-0.05, 0) is 37.5 Å². The monoisotopic (exact) mass is 450 g/mol. The fraction of sp³-hybridized carbons (Fsp3) is 0.857. The van der Waals surface area contributed by atoms with Crippen molar-refractivity contribution in [2.24, 2.45) is 23.7 Å². The molecule has 4 unspecified atom stereocenters. The summed E-state index contributed by atoms with van der Waals surface area (Å²) >= 11 is 0. The summed E-state index contributed by atoms with van der Waals surface area (Å²) in [4.78, 5) is 24.3. The second kappa shape index (κ2) is 17.2. The molecule has 1 rings (SSSR count). The Balaban J connectivity index is 2.22. The van der Waals surface area contributed by atoms with Crippen molar-refractivity contribution in [3.8, 4) is 0 Å². The smallest absolute Gasteiger partial charge is 0.310 e. The van der Waals surface area contributed by atoms with Crippen molar-refractivity contribution in [2.45, 2.75) is 130 Å². The summed E-state index contributed by atoms with van der Waals surface area (Å²) in [5, 5.41) is 9.44. The van der Waals surface area contributed by atoms with E-state index < -0.39 is 17.8 Å². The number of unbranched alkanes of at least 4 members (excludes halogenated alkanes) is 9. The molecule has 0 fully saturated rings. The SMILES string of the molecule is CCC(C)C(CCCCCCCCCCCCC(C)C)OC(=O)C1CC=CCC1C(=O)O. The summed E-state index contributed by atoms with van der Waals surface area (Å²) in [6.07, 6.45) is 20.8. The first-order valence-electron chi connectivity index (χ1n) is 13.4. The predicted molar refractivity (Wildman–Crippen MR) is 133 cm³/mol. The summed E-state index contributed by atoms with van der Waals surface area (Å²) in [7, 11) is 0. The highest BCUT2D eigenvalue weighted by molar-refractivity contribution is 5.81. The standard InChI is InChI=1S/C28H50O4/c1-5-23(4)26(32-28(31)25-20-17-16-19-24(25)27(29)30)21-15-13-11-9-7-6-8-10-12-14-18-22(2)3/h16-17,22-26H,5-15,18-21H2,1-4H3,(H,29,30). The molecule has 4 heteroatoms. The van der Waals surface area contributed by atoms with E-state index in [-0.39, 0.29) is 12.1 Å². The van der Waals surface area contributed by atoms with Gasteiger partial charge in [0.2, 0.25) is 0 Å². The van der Waals surface area contributed by atoms with E-state index in [0.29, 0.717) is 18.8 Å². The van der Waals surface area contributed by atoms with E-state index in [1.165, 1.54) is 64.2 Å². The van der Waals surface area contributed by atoms with E-state index >= 15 is 0 Å². The maximum Gasteiger partial charge on any atom is 0.310 e. The van der Waals surface area contributed by atoms with Crippen molar-refractivity contribution in [2.75, 3.05) is 0 Å². The zero-order valence-electron chi connectivity index (χ0n) is 21.3. The van der Waals surface area contributed by atoms with Crippen LogP contribution in [-0.2, 0) is 14.3 Å². The van der Waals surface area contributed by atoms with E-state index in [2.05, 4.69) is 27.7 Å². The number of allylic oxidation sites excluding steroid dienone is 2. The Labute approximate surface area is 197 Å². The van der Waals surface area contributed by atoms with Crippen LogP contribution in [0.2, 0.25) is 0 Å². The molecule has 0 amide bonds. The number of esters is 1. The van der Waals surface area contributed by atoms with Gasteiger partial charge in [0.05, 0.1) is 11.8 Å². The molecular formula is C28H50O4. The molecule has 0 aromatic rings. The largest absolute Gasteiger partial charge is 0.481 e. The molecule has 186 valence electrons. The van der Waals surface area contributed by atoms with Gasteiger partial charge in [-0.15, -0.1) is 0 Å². The molecule has 4 nitrogen and oxygen atoms in total. The van der Waals surface area contributed by atoms with Crippen molar-refractivity contribution in [1.82, 2.24) is 0 Å². The molecule has 1 aliphatic rings. The molecule has 0 heterocycles. The number of hydrogen-bond acceptors (Lipinski definition) is 3. The van der Waals surface area contributed by atoms with E-state index in [0.717, 1.165) is 25.2 Å². The Kier molecular flexibility index (Phi) is 15.4. The lowest BCUT2D eigenvalue weighted by atomic mass is 9.83. The third-order valence-corrected chi connectivity index (χ3v) is 7.12. The molecule has 0 radical (unpaired) electrons. The lowest BCUT2D eigenvalue weighted by molar-refractivity contribution is -0.164. The first kappa shape index (κ1) is 28.7. The predicted octanol–water partition coefficient (Wildman–Crippen LogP) is 7.95. The van der Waals surface area contributed by atoms with Crippen molar-refractivity contribution in [3.63, 3.8) is 0 Å². The fourth-order valence-electron chi connectivity index (χ4n) is 4.62. The summed E-state index contributed by atoms with van der Waals surface area (Å²) in [5.74, 6) is -1.27. The number of carboxylic acid groups (broad SMARTS) is 1. The molecule has 1 N–H and O–H groups in total. The summed E-state index contributed by atoms with van der Waals surface area (Å²) < 4.78 is 5.89. The molecule has 4 atom stereocenters. The summed E-state index contributed by atoms with van der Waals surface area (Å²) in [6, 6.07) is 0. The van der Waals surface area contributed by atoms with Gasteiger partial charge in [-0.2, -0.15) is 0 Å². The van der Waals surface area contributed by atoms with Crippen molar-refractivity contribution in [1.29, 1.82) is 0 Å². The average Bonchev–Trinajstić information content (AvgIpc) is 2.77. The van der Waals surface area contributed by atoms with Crippen LogP contribution >= 0.6 is 0 Å². The second-order valence-electron chi connectivity index (χ2n) is 10.4. The lowest BCUT2D eigenvalue weighted by Crippen LogP contribution is -2.36. The van der Waals surface area contributed by atoms with Crippen LogP contribution < -0.4 is 0 Å². The zero-order chi connectivity index (χ0) is 23.8. The number of ether oxygens (including phenoxy) is 1. The highest BCUT2D eigenvalue weighted by Crippen LogP contribution is 2.29. The van der Waals surface area contributed by atoms with Gasteiger partial charge in [-0.25, -0.2) is 0 Å². The van der Waals surface area contributed by atoms with Crippen LogP contribution in [0, 0.1) is 23.7 Å². The molecule has 0 saturated carbocycles. The maximum atomic E-state index is 12.8. The highest BCUT2D eigenvalue weighted by atomic mass is 16.5. The molecule has 0 saturated heterocycles. The Morgan fingerprint density at radius 3 is 1.75 bits per heavy atom. The average molecular weight is 451 g/mol. The van der Waals surface area contributed by atoms with Crippen molar-refractivity contribution >= 4 is 11.9 Å². The Morgan fingerprint density at radius 1 is 0.812 bits per heavy atom. The van der Waals surface area contributed by atoms with E-state index in [9.17, 15) is 14.7 Å². The minimum absolute atomic E-state index is 0.0984. The molecule has 0 aliphatic heterocycles. The first-order valence-corrected chi connectivity index (χ1v) is 13.4. The minimum atomic E-state index is -0.896. The molecule has 1 aliphatic carbocycles. The van der Waals surface area contributed by atoms with Gasteiger partial charge in [0, 0.05) is 0 Å². The summed E-state index contributed by atoms with van der Waals surface area (Å²) in [6.45, 7) is 8.86. The molecule has 0 spiro atoms. The van der Waals surface area contributed by atoms with Crippen LogP contribution in [0.1, 0.15) is 124 Å². The number of hydrogen-bond donors (Lipinski definition) is 1. The highest BCUT2D eigenvalue weighted by Gasteiger charge is 2.36. The van der Waals surface area contributed by atoms with Gasteiger partial charge in [-0.1, -0.05) is 110 Å². The molecule has 0 bridgehead atoms. The van der Waals surface area contributed by atoms with Crippen LogP contribution in [0.5, 0.6) is 0 Å². The number of carbonyl (C=O) groups is 2. The normalized spacial score (nSPS) is 20.3. The number of aliphatic carboxylic acids is 1. The fourth-order valence-corrected chi connectivity index (χ4v) is 4.62. The second-order valence-corrected chi connectivity index (χ2v) is 10.4. The van der Waals surface area contributed by atoms with Gasteiger partial charge < -0.3 is 9.84 Å². The van der Waals surface area contributed by atoms with Gasteiger partial charge in [0.25, 0.3) is 0 Å². The number of carbonyl (C=O) groups excluding carboxylic acids is 1. The molecular weight excluding hydrogens is 400 g/mol. The van der Waals surface area contributed by atoms with Crippen molar-refractivity contribution in [3.05, 3.63) is 12.2 Å². The number of carboxylic acids is 1. The molecule has 32 heavy (non-hydrogen) atoms. The van der Waals surface area contributed by atoms with Gasteiger partial charge in [0.1, 0.15) is 6.10 Å². The van der Waals surface area contributed by atoms with Crippen LogP contribution in [-0.4, -0.2) is 23.1 Å². The summed E-state index contributed by atoms with van der Waals surface area (Å²) in [5.41, 5.74) is 0. The molecule has 0 aromatic carbocycles. The Morgan fingerprint density at radius 2 is 1.28 bits per heavy atom. The van der Waals surface area contributed by atoms with Gasteiger partial charge >= 0.3 is 11.9 Å². The lowest BCUT2D eigenvalue weighted by Gasteiger charge is -2.28. The van der Waals surface area contributed by atoms with Crippen LogP contribution in [0.3, 0.4) is 0 Å². The molecule has 0 aromatic heterocycles. The number of rotatable bonds is 18. The van der Waals surface area contributed by atoms with E-state index in [1.54, 1.807) is 0 Å². The topological polar surface area (TPSA) is 63.6 Å². The van der Waals surface area contributed by atoms with Crippen LogP contribution in [0.25, 0.3) is 0 Å². The van der Waals surface area contributed by atoms with Crippen LogP contribution in [0.4, 0.5) is 0 Å². The third-order valence-electron chi connectivity index (χ3n) is 7.12. The Hall–Kier alpha value is -1.32. The van der Waals surface area contributed by atoms with Gasteiger partial charge in [0.15, 0.2) is 0 Å². The quantitative estimate of drug-likeness (QED) is 0.131. The Bertz CT molecular complexity index is 540. The van der Waals surface area contributed by atoms with E-state index in [4.69, 9.17) is 4.74 Å². The van der Waals surface area contributed by atoms with Gasteiger partial charge in [-0.3, -0.25) is 9.59 Å². The van der Waals surface area contributed by atoms with Crippen molar-refractivity contribution < 1.29 is 19.4 Å². The zero-order valence-corrected chi connectivity index (χ0v) is 21.3. The minimum Gasteiger partial charge on any atom is -0.481 e.